The number of anilines is 1. The molecule has 0 spiro atoms. The van der Waals surface area contributed by atoms with Crippen LogP contribution in [0.15, 0.2) is 46.3 Å². The van der Waals surface area contributed by atoms with E-state index >= 15 is 0 Å². The fourth-order valence-electron chi connectivity index (χ4n) is 2.83. The molecular weight excluding hydrogens is 456 g/mol. The number of methoxy groups -OCH3 is 3. The number of amides is 1. The van der Waals surface area contributed by atoms with E-state index in [0.717, 1.165) is 21.3 Å². The van der Waals surface area contributed by atoms with E-state index in [0.29, 0.717) is 35.2 Å². The van der Waals surface area contributed by atoms with Crippen molar-refractivity contribution in [3.05, 3.63) is 51.8 Å². The normalized spacial score (nSPS) is 10.5. The Morgan fingerprint density at radius 2 is 1.83 bits per heavy atom. The number of hydrogen-bond donors (Lipinski definition) is 1. The zero-order valence-corrected chi connectivity index (χ0v) is 18.7. The molecule has 152 valence electrons. The summed E-state index contributed by atoms with van der Waals surface area (Å²) in [6, 6.07) is 11.6. The second-order valence-corrected chi connectivity index (χ2v) is 7.90. The van der Waals surface area contributed by atoms with E-state index in [4.69, 9.17) is 14.2 Å². The average Bonchev–Trinajstić information content (AvgIpc) is 3.19. The number of carbonyl (C=O) groups excluding carboxylic acids is 1. The van der Waals surface area contributed by atoms with Gasteiger partial charge in [-0.05, 0) is 36.2 Å². The first-order valence-electron chi connectivity index (χ1n) is 8.84. The van der Waals surface area contributed by atoms with Crippen molar-refractivity contribution >= 4 is 38.3 Å². The van der Waals surface area contributed by atoms with Crippen molar-refractivity contribution in [3.8, 4) is 28.5 Å². The van der Waals surface area contributed by atoms with Crippen molar-refractivity contribution in [2.75, 3.05) is 26.6 Å². The lowest BCUT2D eigenvalue weighted by Gasteiger charge is -2.14. The highest BCUT2D eigenvalue weighted by molar-refractivity contribution is 9.10. The second-order valence-electron chi connectivity index (χ2n) is 6.13. The first kappa shape index (κ1) is 21.1. The van der Waals surface area contributed by atoms with Gasteiger partial charge in [-0.1, -0.05) is 28.1 Å². The molecule has 1 amide bonds. The van der Waals surface area contributed by atoms with Crippen LogP contribution in [0.1, 0.15) is 12.0 Å². The summed E-state index contributed by atoms with van der Waals surface area (Å²) in [4.78, 5) is 16.9. The molecule has 2 aromatic carbocycles. The highest BCUT2D eigenvalue weighted by Crippen LogP contribution is 2.38. The fraction of sp³-hybridized carbons (Fsp3) is 0.238. The van der Waals surface area contributed by atoms with Crippen molar-refractivity contribution in [3.63, 3.8) is 0 Å². The number of nitrogens with zero attached hydrogens (tertiary/aromatic N) is 1. The Bertz CT molecular complexity index is 981. The first-order valence-corrected chi connectivity index (χ1v) is 10.5. The molecule has 0 atom stereocenters. The lowest BCUT2D eigenvalue weighted by molar-refractivity contribution is -0.116. The maximum atomic E-state index is 12.4. The molecule has 0 saturated heterocycles. The number of benzene rings is 2. The number of aryl methyl sites for hydroxylation is 1. The molecule has 3 rings (SSSR count). The monoisotopic (exact) mass is 476 g/mol. The molecule has 0 aliphatic carbocycles. The molecule has 29 heavy (non-hydrogen) atoms. The minimum Gasteiger partial charge on any atom is -0.493 e. The summed E-state index contributed by atoms with van der Waals surface area (Å²) in [6.45, 7) is 0. The SMILES string of the molecule is COc1cc(CCC(=O)Nc2nc(-c3cccc(Br)c3)cs2)cc(OC)c1OC. The van der Waals surface area contributed by atoms with Crippen molar-refractivity contribution < 1.29 is 19.0 Å². The number of aromatic nitrogens is 1. The first-order chi connectivity index (χ1) is 14.0. The van der Waals surface area contributed by atoms with Crippen molar-refractivity contribution in [2.45, 2.75) is 12.8 Å². The van der Waals surface area contributed by atoms with Gasteiger partial charge in [0.1, 0.15) is 0 Å². The van der Waals surface area contributed by atoms with E-state index in [1.54, 1.807) is 21.3 Å². The molecule has 0 fully saturated rings. The van der Waals surface area contributed by atoms with Gasteiger partial charge in [-0.3, -0.25) is 4.79 Å². The molecular formula is C21H21BrN2O4S. The predicted molar refractivity (Wildman–Crippen MR) is 118 cm³/mol. The number of ether oxygens (including phenoxy) is 3. The van der Waals surface area contributed by atoms with Crippen LogP contribution in [0.5, 0.6) is 17.2 Å². The van der Waals surface area contributed by atoms with Gasteiger partial charge in [0.15, 0.2) is 16.6 Å². The Kier molecular flexibility index (Phi) is 7.11. The van der Waals surface area contributed by atoms with Crippen LogP contribution in [0.3, 0.4) is 0 Å². The van der Waals surface area contributed by atoms with E-state index in [1.165, 1.54) is 11.3 Å². The summed E-state index contributed by atoms with van der Waals surface area (Å²) in [7, 11) is 4.70. The van der Waals surface area contributed by atoms with Gasteiger partial charge in [-0.15, -0.1) is 11.3 Å². The Balaban J connectivity index is 1.63. The summed E-state index contributed by atoms with van der Waals surface area (Å²) < 4.78 is 17.0. The van der Waals surface area contributed by atoms with Crippen LogP contribution in [-0.4, -0.2) is 32.2 Å². The van der Waals surface area contributed by atoms with E-state index in [9.17, 15) is 4.79 Å². The summed E-state index contributed by atoms with van der Waals surface area (Å²) >= 11 is 4.86. The summed E-state index contributed by atoms with van der Waals surface area (Å²) in [5.74, 6) is 1.57. The standard InChI is InChI=1S/C21H21BrN2O4S/c1-26-17-9-13(10-18(27-2)20(17)28-3)7-8-19(25)24-21-23-16(12-29-21)14-5-4-6-15(22)11-14/h4-6,9-12H,7-8H2,1-3H3,(H,23,24,25). The predicted octanol–water partition coefficient (Wildman–Crippen LogP) is 5.17. The molecule has 8 heteroatoms. The number of rotatable bonds is 8. The molecule has 0 bridgehead atoms. The van der Waals surface area contributed by atoms with Crippen LogP contribution in [0.2, 0.25) is 0 Å². The van der Waals surface area contributed by atoms with Gasteiger partial charge >= 0.3 is 0 Å². The van der Waals surface area contributed by atoms with Gasteiger partial charge in [-0.2, -0.15) is 0 Å². The molecule has 1 heterocycles. The van der Waals surface area contributed by atoms with Gasteiger partial charge in [-0.25, -0.2) is 4.98 Å². The zero-order valence-electron chi connectivity index (χ0n) is 16.3. The number of hydrogen-bond acceptors (Lipinski definition) is 6. The highest BCUT2D eigenvalue weighted by atomic mass is 79.9. The quantitative estimate of drug-likeness (QED) is 0.485. The zero-order chi connectivity index (χ0) is 20.8. The van der Waals surface area contributed by atoms with Gasteiger partial charge in [0, 0.05) is 21.8 Å². The Hall–Kier alpha value is -2.58. The largest absolute Gasteiger partial charge is 0.493 e. The number of halogens is 1. The van der Waals surface area contributed by atoms with Crippen LogP contribution < -0.4 is 19.5 Å². The molecule has 3 aromatic rings. The average molecular weight is 477 g/mol. The minimum absolute atomic E-state index is 0.103. The molecule has 0 radical (unpaired) electrons. The molecule has 1 aromatic heterocycles. The Morgan fingerprint density at radius 3 is 2.45 bits per heavy atom. The maximum Gasteiger partial charge on any atom is 0.226 e. The third-order valence-corrected chi connectivity index (χ3v) is 5.49. The van der Waals surface area contributed by atoms with Gasteiger partial charge < -0.3 is 19.5 Å². The van der Waals surface area contributed by atoms with Crippen LogP contribution in [0.25, 0.3) is 11.3 Å². The van der Waals surface area contributed by atoms with E-state index < -0.39 is 0 Å². The van der Waals surface area contributed by atoms with E-state index in [-0.39, 0.29) is 5.91 Å². The lowest BCUT2D eigenvalue weighted by Crippen LogP contribution is -2.12. The lowest BCUT2D eigenvalue weighted by atomic mass is 10.1. The maximum absolute atomic E-state index is 12.4. The van der Waals surface area contributed by atoms with Crippen molar-refractivity contribution in [1.82, 2.24) is 4.98 Å². The van der Waals surface area contributed by atoms with Crippen molar-refractivity contribution in [2.24, 2.45) is 0 Å². The molecule has 1 N–H and O–H groups in total. The Labute approximate surface area is 182 Å². The number of nitrogens with one attached hydrogen (secondary N) is 1. The molecule has 0 unspecified atom stereocenters. The third kappa shape index (κ3) is 5.27. The van der Waals surface area contributed by atoms with Gasteiger partial charge in [0.25, 0.3) is 0 Å². The van der Waals surface area contributed by atoms with Gasteiger partial charge in [0.05, 0.1) is 27.0 Å². The van der Waals surface area contributed by atoms with E-state index in [2.05, 4.69) is 26.2 Å². The highest BCUT2D eigenvalue weighted by Gasteiger charge is 2.14. The second kappa shape index (κ2) is 9.76. The molecule has 0 aliphatic rings. The topological polar surface area (TPSA) is 69.7 Å². The van der Waals surface area contributed by atoms with Crippen LogP contribution in [-0.2, 0) is 11.2 Å². The fourth-order valence-corrected chi connectivity index (χ4v) is 3.97. The number of thiazole rings is 1. The molecule has 0 saturated carbocycles. The van der Waals surface area contributed by atoms with Crippen LogP contribution in [0, 0.1) is 0 Å². The van der Waals surface area contributed by atoms with Gasteiger partial charge in [0.2, 0.25) is 11.7 Å². The Morgan fingerprint density at radius 1 is 1.10 bits per heavy atom. The summed E-state index contributed by atoms with van der Waals surface area (Å²) in [6.07, 6.45) is 0.844. The molecule has 6 nitrogen and oxygen atoms in total. The van der Waals surface area contributed by atoms with E-state index in [1.807, 2.05) is 41.8 Å². The van der Waals surface area contributed by atoms with Crippen LogP contribution in [0.4, 0.5) is 5.13 Å². The summed E-state index contributed by atoms with van der Waals surface area (Å²) in [5, 5.41) is 5.37. The van der Waals surface area contributed by atoms with Crippen LogP contribution >= 0.6 is 27.3 Å². The minimum atomic E-state index is -0.103. The smallest absolute Gasteiger partial charge is 0.226 e. The van der Waals surface area contributed by atoms with Crippen molar-refractivity contribution in [1.29, 1.82) is 0 Å². The summed E-state index contributed by atoms with van der Waals surface area (Å²) in [5.41, 5.74) is 2.74. The third-order valence-electron chi connectivity index (χ3n) is 4.24. The molecule has 0 aliphatic heterocycles. The number of carbonyl (C=O) groups is 1.